The maximum absolute atomic E-state index is 14.0. The Balaban J connectivity index is 1.54. The van der Waals surface area contributed by atoms with Crippen LogP contribution in [-0.2, 0) is 19.6 Å². The quantitative estimate of drug-likeness (QED) is 0.250. The summed E-state index contributed by atoms with van der Waals surface area (Å²) in [7, 11) is 0.670. The molecule has 0 spiro atoms. The van der Waals surface area contributed by atoms with Gasteiger partial charge in [0.2, 0.25) is 10.0 Å². The van der Waals surface area contributed by atoms with E-state index in [4.69, 9.17) is 9.84 Å². The van der Waals surface area contributed by atoms with Gasteiger partial charge in [0.05, 0.1) is 39.2 Å². The Hall–Kier alpha value is -4.43. The van der Waals surface area contributed by atoms with Crippen molar-refractivity contribution in [2.75, 3.05) is 21.2 Å². The number of hydrogen-bond donors (Lipinski definition) is 0. The third kappa shape index (κ3) is 5.17. The molecule has 6 rings (SSSR count). The average molecular weight is 646 g/mol. The number of aromatic nitrogens is 3. The number of allylic oxidation sites excluding steroid dienone is 1. The largest absolute Gasteiger partial charge is 0.466 e. The molecule has 2 aromatic carbocycles. The number of carbonyl (C=O) groups excluding carboxylic acids is 1. The van der Waals surface area contributed by atoms with Crippen molar-refractivity contribution in [1.82, 2.24) is 18.7 Å². The van der Waals surface area contributed by atoms with Gasteiger partial charge in [-0.1, -0.05) is 47.7 Å². The minimum absolute atomic E-state index is 0.161. The lowest BCUT2D eigenvalue weighted by Crippen LogP contribution is -2.39. The summed E-state index contributed by atoms with van der Waals surface area (Å²) >= 11 is 2.67. The average Bonchev–Trinajstić information content (AvgIpc) is 3.77. The first-order valence-electron chi connectivity index (χ1n) is 13.4. The van der Waals surface area contributed by atoms with Gasteiger partial charge in [0.15, 0.2) is 4.80 Å². The van der Waals surface area contributed by atoms with Gasteiger partial charge in [0, 0.05) is 36.3 Å². The standard InChI is InChI=1S/C31H27N5O5S3/c1-19-26(30(38)41-4)28(24-11-8-16-42-24)36-29(37)25(43-31(36)32-19)17-21-18-35(22-9-6-5-7-10-22)33-27(21)20-12-14-23(15-13-20)44(39,40)34(2)3/h5-18,28H,1-4H3/b25-17+. The lowest BCUT2D eigenvalue weighted by atomic mass is 10.0. The van der Waals surface area contributed by atoms with Crippen LogP contribution in [0.4, 0.5) is 0 Å². The zero-order valence-corrected chi connectivity index (χ0v) is 26.6. The van der Waals surface area contributed by atoms with Gasteiger partial charge in [-0.05, 0) is 48.7 Å². The number of thiophene rings is 1. The van der Waals surface area contributed by atoms with E-state index in [0.717, 1.165) is 14.9 Å². The number of sulfonamides is 1. The molecule has 1 aliphatic heterocycles. The molecule has 5 aromatic rings. The first-order chi connectivity index (χ1) is 21.1. The van der Waals surface area contributed by atoms with E-state index in [9.17, 15) is 18.0 Å². The normalized spacial score (nSPS) is 15.4. The molecule has 0 N–H and O–H groups in total. The third-order valence-electron chi connectivity index (χ3n) is 7.20. The third-order valence-corrected chi connectivity index (χ3v) is 10.9. The van der Waals surface area contributed by atoms with E-state index in [-0.39, 0.29) is 10.5 Å². The second-order valence-electron chi connectivity index (χ2n) is 10.1. The molecule has 1 unspecified atom stereocenters. The van der Waals surface area contributed by atoms with Gasteiger partial charge >= 0.3 is 5.97 Å². The van der Waals surface area contributed by atoms with Crippen LogP contribution < -0.4 is 14.9 Å². The highest BCUT2D eigenvalue weighted by Gasteiger charge is 2.33. The highest BCUT2D eigenvalue weighted by Crippen LogP contribution is 2.33. The summed E-state index contributed by atoms with van der Waals surface area (Å²) in [6, 6.07) is 19.1. The van der Waals surface area contributed by atoms with E-state index in [0.29, 0.717) is 37.4 Å². The number of thiazole rings is 1. The molecule has 0 amide bonds. The molecule has 3 aromatic heterocycles. The van der Waals surface area contributed by atoms with Crippen LogP contribution in [0.2, 0.25) is 0 Å². The molecule has 13 heteroatoms. The molecule has 0 saturated heterocycles. The zero-order chi connectivity index (χ0) is 31.2. The topological polar surface area (TPSA) is 116 Å². The number of hydrogen-bond acceptors (Lipinski definition) is 9. The van der Waals surface area contributed by atoms with Crippen molar-refractivity contribution in [1.29, 1.82) is 0 Å². The van der Waals surface area contributed by atoms with Crippen molar-refractivity contribution in [3.05, 3.63) is 120 Å². The first kappa shape index (κ1) is 29.6. The Kier molecular flexibility index (Phi) is 7.80. The van der Waals surface area contributed by atoms with E-state index in [1.54, 1.807) is 46.5 Å². The van der Waals surface area contributed by atoms with Crippen LogP contribution in [0.25, 0.3) is 23.0 Å². The molecular formula is C31H27N5O5S3. The number of ether oxygens (including phenoxy) is 1. The molecule has 0 saturated carbocycles. The predicted molar refractivity (Wildman–Crippen MR) is 170 cm³/mol. The van der Waals surface area contributed by atoms with E-state index in [1.165, 1.54) is 43.9 Å². The summed E-state index contributed by atoms with van der Waals surface area (Å²) in [5.41, 5.74) is 3.22. The van der Waals surface area contributed by atoms with Crippen LogP contribution >= 0.6 is 22.7 Å². The molecular weight excluding hydrogens is 619 g/mol. The molecule has 0 fully saturated rings. The van der Waals surface area contributed by atoms with Crippen molar-refractivity contribution < 1.29 is 17.9 Å². The number of fused-ring (bicyclic) bond motifs is 1. The van der Waals surface area contributed by atoms with Crippen LogP contribution in [0.1, 0.15) is 23.4 Å². The van der Waals surface area contributed by atoms with Gasteiger partial charge < -0.3 is 4.74 Å². The molecule has 0 radical (unpaired) electrons. The van der Waals surface area contributed by atoms with Crippen molar-refractivity contribution in [2.24, 2.45) is 4.99 Å². The number of carbonyl (C=O) groups is 1. The molecule has 0 bridgehead atoms. The van der Waals surface area contributed by atoms with Crippen molar-refractivity contribution in [2.45, 2.75) is 17.9 Å². The summed E-state index contributed by atoms with van der Waals surface area (Å²) in [6.07, 6.45) is 3.59. The summed E-state index contributed by atoms with van der Waals surface area (Å²) in [4.78, 5) is 33.0. The van der Waals surface area contributed by atoms with E-state index in [2.05, 4.69) is 4.99 Å². The number of rotatable bonds is 7. The highest BCUT2D eigenvalue weighted by molar-refractivity contribution is 7.89. The summed E-state index contributed by atoms with van der Waals surface area (Å²) in [5.74, 6) is -0.537. The van der Waals surface area contributed by atoms with Crippen LogP contribution in [0.5, 0.6) is 0 Å². The Morgan fingerprint density at radius 2 is 1.77 bits per heavy atom. The maximum Gasteiger partial charge on any atom is 0.338 e. The molecule has 10 nitrogen and oxygen atoms in total. The monoisotopic (exact) mass is 645 g/mol. The second kappa shape index (κ2) is 11.6. The lowest BCUT2D eigenvalue weighted by molar-refractivity contribution is -0.136. The molecule has 44 heavy (non-hydrogen) atoms. The molecule has 1 atom stereocenters. The number of nitrogens with zero attached hydrogens (tertiary/aromatic N) is 5. The Bertz CT molecular complexity index is 2190. The Labute approximate surface area is 261 Å². The van der Waals surface area contributed by atoms with Crippen molar-refractivity contribution >= 4 is 44.7 Å². The smallest absolute Gasteiger partial charge is 0.338 e. The second-order valence-corrected chi connectivity index (χ2v) is 14.3. The predicted octanol–water partition coefficient (Wildman–Crippen LogP) is 3.57. The molecule has 0 aliphatic carbocycles. The number of esters is 1. The highest BCUT2D eigenvalue weighted by atomic mass is 32.2. The maximum atomic E-state index is 14.0. The Morgan fingerprint density at radius 1 is 1.05 bits per heavy atom. The SMILES string of the molecule is COC(=O)C1=C(C)N=c2s/c(=C/c3cn(-c4ccccc4)nc3-c3ccc(S(=O)(=O)N(C)C)cc3)c(=O)n2C1c1cccs1. The van der Waals surface area contributed by atoms with Crippen LogP contribution in [0, 0.1) is 0 Å². The molecule has 1 aliphatic rings. The summed E-state index contributed by atoms with van der Waals surface area (Å²) in [6.45, 7) is 1.74. The van der Waals surface area contributed by atoms with E-state index >= 15 is 0 Å². The van der Waals surface area contributed by atoms with Gasteiger partial charge in [-0.25, -0.2) is 27.2 Å². The summed E-state index contributed by atoms with van der Waals surface area (Å²) in [5, 5.41) is 6.73. The fourth-order valence-corrected chi connectivity index (χ4v) is 7.74. The van der Waals surface area contributed by atoms with Crippen LogP contribution in [-0.4, -0.2) is 54.2 Å². The molecule has 4 heterocycles. The van der Waals surface area contributed by atoms with Gasteiger partial charge in [-0.15, -0.1) is 11.3 Å². The summed E-state index contributed by atoms with van der Waals surface area (Å²) < 4.78 is 35.2. The van der Waals surface area contributed by atoms with Crippen LogP contribution in [0.3, 0.4) is 0 Å². The van der Waals surface area contributed by atoms with Crippen molar-refractivity contribution in [3.63, 3.8) is 0 Å². The van der Waals surface area contributed by atoms with E-state index < -0.39 is 22.0 Å². The van der Waals surface area contributed by atoms with Gasteiger partial charge in [-0.3, -0.25) is 9.36 Å². The first-order valence-corrected chi connectivity index (χ1v) is 16.6. The molecule has 224 valence electrons. The zero-order valence-electron chi connectivity index (χ0n) is 24.2. The van der Waals surface area contributed by atoms with E-state index in [1.807, 2.05) is 54.0 Å². The van der Waals surface area contributed by atoms with Gasteiger partial charge in [-0.2, -0.15) is 5.10 Å². The fourth-order valence-electron chi connectivity index (χ4n) is 4.98. The number of methoxy groups -OCH3 is 1. The lowest BCUT2D eigenvalue weighted by Gasteiger charge is -2.22. The van der Waals surface area contributed by atoms with Gasteiger partial charge in [0.1, 0.15) is 6.04 Å². The van der Waals surface area contributed by atoms with Crippen LogP contribution in [0.15, 0.2) is 104 Å². The Morgan fingerprint density at radius 3 is 2.41 bits per heavy atom. The van der Waals surface area contributed by atoms with Crippen molar-refractivity contribution in [3.8, 4) is 16.9 Å². The van der Waals surface area contributed by atoms with Gasteiger partial charge in [0.25, 0.3) is 5.56 Å². The number of para-hydroxylation sites is 1. The fraction of sp³-hybridized carbons (Fsp3) is 0.161. The minimum atomic E-state index is -3.61. The minimum Gasteiger partial charge on any atom is -0.466 e. The number of benzene rings is 2.